The summed E-state index contributed by atoms with van der Waals surface area (Å²) in [6, 6.07) is 4.38. The molecule has 0 spiro atoms. The van der Waals surface area contributed by atoms with E-state index >= 15 is 0 Å². The molecule has 27 heavy (non-hydrogen) atoms. The molecule has 2 radical (unpaired) electrons. The number of carbonyl (C=O) groups excluding carboxylic acids is 1. The van der Waals surface area contributed by atoms with Crippen molar-refractivity contribution in [2.75, 3.05) is 12.4 Å². The van der Waals surface area contributed by atoms with E-state index in [2.05, 4.69) is 28.3 Å². The molecule has 0 saturated carbocycles. The Morgan fingerprint density at radius 3 is 3.04 bits per heavy atom. The molecule has 140 valence electrons. The summed E-state index contributed by atoms with van der Waals surface area (Å²) in [5.41, 5.74) is 3.74. The van der Waals surface area contributed by atoms with Crippen LogP contribution in [0.15, 0.2) is 35.9 Å². The third kappa shape index (κ3) is 3.17. The molecule has 2 aliphatic rings. The number of rotatable bonds is 4. The van der Waals surface area contributed by atoms with Gasteiger partial charge in [-0.1, -0.05) is 6.92 Å². The highest BCUT2D eigenvalue weighted by Crippen LogP contribution is 2.47. The van der Waals surface area contributed by atoms with Crippen LogP contribution in [0.25, 0.3) is 11.2 Å². The first-order chi connectivity index (χ1) is 12.9. The minimum Gasteiger partial charge on any atom is -0.452 e. The number of aryl methyl sites for hydroxylation is 1. The molecule has 4 heterocycles. The molecule has 1 saturated heterocycles. The predicted octanol–water partition coefficient (Wildman–Crippen LogP) is 2.18. The Morgan fingerprint density at radius 2 is 2.30 bits per heavy atom. The lowest BCUT2D eigenvalue weighted by molar-refractivity contribution is -0.664. The van der Waals surface area contributed by atoms with Crippen LogP contribution in [-0.2, 0) is 22.9 Å². The van der Waals surface area contributed by atoms with Gasteiger partial charge in [0.05, 0.1) is 11.6 Å². The van der Waals surface area contributed by atoms with Crippen LogP contribution in [0.5, 0.6) is 0 Å². The Hall–Kier alpha value is -1.53. The fourth-order valence-electron chi connectivity index (χ4n) is 3.90. The van der Waals surface area contributed by atoms with E-state index in [9.17, 15) is 4.79 Å². The molecule has 6 nitrogen and oxygen atoms in total. The normalized spacial score (nSPS) is 25.9. The van der Waals surface area contributed by atoms with Crippen LogP contribution in [0, 0.1) is 5.92 Å². The quantitative estimate of drug-likeness (QED) is 0.447. The molecule has 2 aromatic heterocycles. The van der Waals surface area contributed by atoms with Crippen molar-refractivity contribution in [3.8, 4) is 0 Å². The van der Waals surface area contributed by atoms with Crippen molar-refractivity contribution in [2.24, 2.45) is 13.0 Å². The minimum absolute atomic E-state index is 0.293. The maximum atomic E-state index is 12.9. The van der Waals surface area contributed by atoms with Crippen LogP contribution in [-0.4, -0.2) is 51.8 Å². The summed E-state index contributed by atoms with van der Waals surface area (Å²) in [6.45, 7) is 6.77. The van der Waals surface area contributed by atoms with Gasteiger partial charge in [0.1, 0.15) is 17.8 Å². The van der Waals surface area contributed by atoms with Crippen molar-refractivity contribution in [3.63, 3.8) is 0 Å². The first kappa shape index (κ1) is 18.8. The van der Waals surface area contributed by atoms with E-state index in [-0.39, 0.29) is 5.97 Å². The standard InChI is InChI=1S/C18H23BN4O2PS/c1-11-12(2)23-15(18(24)25-26(4)19)13(9-27-17(11)23)8-22-7-5-6-14-16(22)20-10-21(14)3/h5-7,10-12,17H,8-9H2,1-4H3/q+1. The zero-order valence-electron chi connectivity index (χ0n) is 16.0. The van der Waals surface area contributed by atoms with Crippen LogP contribution in [0.2, 0.25) is 0 Å². The number of pyridine rings is 1. The van der Waals surface area contributed by atoms with E-state index in [1.54, 1.807) is 6.66 Å². The van der Waals surface area contributed by atoms with Gasteiger partial charge in [-0.3, -0.25) is 0 Å². The van der Waals surface area contributed by atoms with Gasteiger partial charge >= 0.3 is 11.6 Å². The van der Waals surface area contributed by atoms with E-state index in [4.69, 9.17) is 12.1 Å². The minimum atomic E-state index is -1.24. The molecular weight excluding hydrogens is 378 g/mol. The van der Waals surface area contributed by atoms with Gasteiger partial charge < -0.3 is 14.0 Å². The van der Waals surface area contributed by atoms with Crippen molar-refractivity contribution in [1.29, 1.82) is 0 Å². The van der Waals surface area contributed by atoms with E-state index in [1.165, 1.54) is 0 Å². The molecule has 0 amide bonds. The average molecular weight is 401 g/mol. The zero-order chi connectivity index (χ0) is 19.3. The number of imidazole rings is 1. The summed E-state index contributed by atoms with van der Waals surface area (Å²) in [7, 11) is 6.53. The first-order valence-corrected chi connectivity index (χ1v) is 11.8. The summed E-state index contributed by atoms with van der Waals surface area (Å²) in [4.78, 5) is 19.6. The number of thioether (sulfide) groups is 1. The maximum Gasteiger partial charge on any atom is 0.356 e. The van der Waals surface area contributed by atoms with Crippen molar-refractivity contribution < 1.29 is 13.9 Å². The molecule has 0 aliphatic carbocycles. The fraction of sp³-hybridized carbons (Fsp3) is 0.500. The van der Waals surface area contributed by atoms with Crippen molar-refractivity contribution >= 4 is 44.5 Å². The van der Waals surface area contributed by atoms with Crippen LogP contribution >= 0.6 is 19.8 Å². The van der Waals surface area contributed by atoms with Crippen LogP contribution in [0.1, 0.15) is 13.8 Å². The smallest absolute Gasteiger partial charge is 0.356 e. The number of fused-ring (bicyclic) bond motifs is 2. The lowest BCUT2D eigenvalue weighted by Crippen LogP contribution is -2.62. The molecule has 2 aliphatic heterocycles. The topological polar surface area (TPSA) is 51.2 Å². The van der Waals surface area contributed by atoms with Crippen LogP contribution < -0.4 is 4.57 Å². The summed E-state index contributed by atoms with van der Waals surface area (Å²) >= 11 is 1.90. The number of hydrogen-bond acceptors (Lipinski definition) is 5. The summed E-state index contributed by atoms with van der Waals surface area (Å²) < 4.78 is 9.55. The molecule has 4 rings (SSSR count). The number of hydrogen-bond donors (Lipinski definition) is 0. The van der Waals surface area contributed by atoms with E-state index < -0.39 is 8.03 Å². The Kier molecular flexibility index (Phi) is 4.97. The third-order valence-corrected chi connectivity index (χ3v) is 7.45. The largest absolute Gasteiger partial charge is 0.452 e. The second kappa shape index (κ2) is 7.14. The summed E-state index contributed by atoms with van der Waals surface area (Å²) in [6.07, 6.45) is 3.83. The maximum absolute atomic E-state index is 12.9. The van der Waals surface area contributed by atoms with Gasteiger partial charge in [-0.05, 0) is 30.7 Å². The second-order valence-electron chi connectivity index (χ2n) is 7.29. The van der Waals surface area contributed by atoms with Crippen molar-refractivity contribution in [3.05, 3.63) is 35.9 Å². The lowest BCUT2D eigenvalue weighted by atomic mass is 9.89. The number of carbonyl (C=O) groups is 1. The van der Waals surface area contributed by atoms with Crippen LogP contribution in [0.3, 0.4) is 0 Å². The van der Waals surface area contributed by atoms with E-state index in [0.717, 1.165) is 22.5 Å². The van der Waals surface area contributed by atoms with Gasteiger partial charge in [0, 0.05) is 38.4 Å². The SMILES string of the molecule is [B]P(C)OC(=O)C1=C(C[n+]2cccc3c2ncn3C)CSC2C(C)C(C)N12. The van der Waals surface area contributed by atoms with Crippen molar-refractivity contribution in [1.82, 2.24) is 14.5 Å². The van der Waals surface area contributed by atoms with Crippen LogP contribution in [0.4, 0.5) is 0 Å². The van der Waals surface area contributed by atoms with Gasteiger partial charge in [0.25, 0.3) is 0 Å². The lowest BCUT2D eigenvalue weighted by Gasteiger charge is -2.56. The summed E-state index contributed by atoms with van der Waals surface area (Å²) in [5.74, 6) is 1.07. The summed E-state index contributed by atoms with van der Waals surface area (Å²) in [5, 5.41) is 0.336. The monoisotopic (exact) mass is 401 g/mol. The molecule has 2 aromatic rings. The van der Waals surface area contributed by atoms with Crippen molar-refractivity contribution in [2.45, 2.75) is 31.8 Å². The molecule has 0 bridgehead atoms. The number of nitrogens with zero attached hydrogens (tertiary/aromatic N) is 4. The highest BCUT2D eigenvalue weighted by atomic mass is 32.2. The number of aromatic nitrogens is 3. The third-order valence-electron chi connectivity index (χ3n) is 5.48. The van der Waals surface area contributed by atoms with Gasteiger partial charge in [-0.15, -0.1) is 11.8 Å². The first-order valence-electron chi connectivity index (χ1n) is 9.00. The average Bonchev–Trinajstić information content (AvgIpc) is 3.02. The Bertz CT molecular complexity index is 931. The van der Waals surface area contributed by atoms with Gasteiger partial charge in [0.2, 0.25) is 6.33 Å². The molecular formula is C18H23BN4O2PS+. The second-order valence-corrected chi connectivity index (χ2v) is 9.67. The van der Waals surface area contributed by atoms with Gasteiger partial charge in [0.15, 0.2) is 7.57 Å². The highest BCUT2D eigenvalue weighted by molar-refractivity contribution is 8.00. The van der Waals surface area contributed by atoms with Gasteiger partial charge in [-0.2, -0.15) is 0 Å². The molecule has 4 unspecified atom stereocenters. The zero-order valence-corrected chi connectivity index (χ0v) is 17.7. The van der Waals surface area contributed by atoms with E-state index in [0.29, 0.717) is 29.6 Å². The molecule has 4 atom stereocenters. The Labute approximate surface area is 166 Å². The molecule has 0 N–H and O–H groups in total. The fourth-order valence-corrected chi connectivity index (χ4v) is 5.84. The Morgan fingerprint density at radius 1 is 1.52 bits per heavy atom. The van der Waals surface area contributed by atoms with E-state index in [1.807, 2.05) is 48.0 Å². The molecule has 9 heteroatoms. The molecule has 0 aromatic carbocycles. The Balaban J connectivity index is 1.74. The highest BCUT2D eigenvalue weighted by Gasteiger charge is 2.49. The predicted molar refractivity (Wildman–Crippen MR) is 109 cm³/mol. The van der Waals surface area contributed by atoms with Gasteiger partial charge in [-0.25, -0.2) is 9.36 Å². The molecule has 1 fully saturated rings.